The van der Waals surface area contributed by atoms with Crippen molar-refractivity contribution in [1.29, 1.82) is 0 Å². The second-order valence-electron chi connectivity index (χ2n) is 3.04. The predicted octanol–water partition coefficient (Wildman–Crippen LogP) is 2.73. The van der Waals surface area contributed by atoms with E-state index < -0.39 is 0 Å². The highest BCUT2D eigenvalue weighted by Crippen LogP contribution is 2.57. The number of benzene rings is 1. The van der Waals surface area contributed by atoms with E-state index in [2.05, 4.69) is 0 Å². The zero-order chi connectivity index (χ0) is 11.0. The molecule has 0 unspecified atom stereocenters. The van der Waals surface area contributed by atoms with Gasteiger partial charge in [0.2, 0.25) is 0 Å². The van der Waals surface area contributed by atoms with Crippen LogP contribution in [0.15, 0.2) is 32.2 Å². The maximum atomic E-state index is 10.9. The number of fused-ring (bicyclic) bond motifs is 1. The third-order valence-electron chi connectivity index (χ3n) is 1.80. The van der Waals surface area contributed by atoms with E-state index in [9.17, 15) is 15.0 Å². The van der Waals surface area contributed by atoms with Crippen molar-refractivity contribution in [2.24, 2.45) is 0 Å². The lowest BCUT2D eigenvalue weighted by atomic mass is 10.3. The first-order chi connectivity index (χ1) is 7.08. The molecule has 2 N–H and O–H groups in total. The monoisotopic (exact) mass is 240 g/mol. The minimum absolute atomic E-state index is 0.0446. The van der Waals surface area contributed by atoms with Crippen molar-refractivity contribution in [2.75, 3.05) is 0 Å². The van der Waals surface area contributed by atoms with Gasteiger partial charge >= 0.3 is 0 Å². The lowest BCUT2D eigenvalue weighted by Crippen LogP contribution is -1.80. The van der Waals surface area contributed by atoms with Gasteiger partial charge in [-0.15, -0.1) is 0 Å². The maximum Gasteiger partial charge on any atom is 0.154 e. The van der Waals surface area contributed by atoms with E-state index >= 15 is 0 Å². The van der Waals surface area contributed by atoms with Crippen LogP contribution in [0.25, 0.3) is 0 Å². The largest absolute Gasteiger partial charge is 0.507 e. The number of carbonyl (C=O) groups excluding carboxylic acids is 1. The summed E-state index contributed by atoms with van der Waals surface area (Å²) in [4.78, 5) is 12.1. The van der Waals surface area contributed by atoms with Crippen LogP contribution in [-0.4, -0.2) is 16.0 Å². The van der Waals surface area contributed by atoms with Gasteiger partial charge in [0.05, 0.1) is 14.0 Å². The first-order valence-corrected chi connectivity index (χ1v) is 5.84. The van der Waals surface area contributed by atoms with Crippen LogP contribution >= 0.6 is 23.5 Å². The fourth-order valence-electron chi connectivity index (χ4n) is 1.19. The fourth-order valence-corrected chi connectivity index (χ4v) is 3.69. The van der Waals surface area contributed by atoms with Gasteiger partial charge < -0.3 is 10.2 Å². The number of phenols is 2. The maximum absolute atomic E-state index is 10.9. The Bertz CT molecular complexity index is 433. The van der Waals surface area contributed by atoms with Gasteiger partial charge in [0.15, 0.2) is 5.78 Å². The molecule has 0 fully saturated rings. The summed E-state index contributed by atoms with van der Waals surface area (Å²) in [6, 6.07) is 2.89. The zero-order valence-corrected chi connectivity index (χ0v) is 9.48. The molecular weight excluding hydrogens is 232 g/mol. The normalized spacial score (nSPS) is 13.8. The Kier molecular flexibility index (Phi) is 2.67. The van der Waals surface area contributed by atoms with Gasteiger partial charge in [-0.3, -0.25) is 4.79 Å². The summed E-state index contributed by atoms with van der Waals surface area (Å²) in [5.41, 5.74) is 0. The van der Waals surface area contributed by atoms with Crippen molar-refractivity contribution >= 4 is 29.3 Å². The number of thioether (sulfide) groups is 2. The molecule has 0 amide bonds. The highest BCUT2D eigenvalue weighted by molar-refractivity contribution is 8.24. The van der Waals surface area contributed by atoms with Gasteiger partial charge in [-0.25, -0.2) is 0 Å². The predicted molar refractivity (Wildman–Crippen MR) is 60.2 cm³/mol. The molecule has 1 heterocycles. The number of carbonyl (C=O) groups is 1. The van der Waals surface area contributed by atoms with Crippen LogP contribution in [0.4, 0.5) is 0 Å². The summed E-state index contributed by atoms with van der Waals surface area (Å²) in [5.74, 6) is 0.219. The van der Waals surface area contributed by atoms with E-state index in [0.717, 1.165) is 4.24 Å². The highest BCUT2D eigenvalue weighted by Gasteiger charge is 2.24. The fraction of sp³-hybridized carbons (Fsp3) is 0.100. The Morgan fingerprint density at radius 2 is 1.67 bits per heavy atom. The second-order valence-corrected chi connectivity index (χ2v) is 5.40. The number of ketones is 1. The molecule has 0 aliphatic carbocycles. The van der Waals surface area contributed by atoms with Crippen molar-refractivity contribution in [3.8, 4) is 11.5 Å². The number of hydrogen-bond acceptors (Lipinski definition) is 5. The molecule has 15 heavy (non-hydrogen) atoms. The van der Waals surface area contributed by atoms with Gasteiger partial charge in [-0.2, -0.15) is 0 Å². The Morgan fingerprint density at radius 1 is 1.20 bits per heavy atom. The average Bonchev–Trinajstić information content (AvgIpc) is 2.55. The number of phenolic OH excluding ortho intramolecular Hbond substituents is 2. The lowest BCUT2D eigenvalue weighted by molar-refractivity contribution is -0.112. The molecule has 1 aromatic carbocycles. The van der Waals surface area contributed by atoms with Crippen LogP contribution in [0.2, 0.25) is 0 Å². The molecule has 0 aromatic heterocycles. The molecule has 2 rings (SSSR count). The van der Waals surface area contributed by atoms with E-state index in [1.807, 2.05) is 0 Å². The van der Waals surface area contributed by atoms with E-state index in [1.165, 1.54) is 48.7 Å². The van der Waals surface area contributed by atoms with E-state index in [1.54, 1.807) is 0 Å². The first-order valence-electron chi connectivity index (χ1n) is 4.21. The average molecular weight is 240 g/mol. The van der Waals surface area contributed by atoms with Gasteiger partial charge in [0.25, 0.3) is 0 Å². The molecule has 0 radical (unpaired) electrons. The molecule has 3 nitrogen and oxygen atoms in total. The van der Waals surface area contributed by atoms with Crippen molar-refractivity contribution in [3.05, 3.63) is 22.4 Å². The van der Waals surface area contributed by atoms with E-state index in [-0.39, 0.29) is 17.3 Å². The summed E-state index contributed by atoms with van der Waals surface area (Å²) >= 11 is 2.60. The van der Waals surface area contributed by atoms with Crippen molar-refractivity contribution in [1.82, 2.24) is 0 Å². The van der Waals surface area contributed by atoms with Crippen LogP contribution in [-0.2, 0) is 4.79 Å². The summed E-state index contributed by atoms with van der Waals surface area (Å²) < 4.78 is 0.773. The van der Waals surface area contributed by atoms with Crippen molar-refractivity contribution < 1.29 is 15.0 Å². The summed E-state index contributed by atoms with van der Waals surface area (Å²) in [7, 11) is 0. The first kappa shape index (κ1) is 10.4. The van der Waals surface area contributed by atoms with Gasteiger partial charge in [0, 0.05) is 6.08 Å². The molecule has 0 saturated carbocycles. The zero-order valence-electron chi connectivity index (χ0n) is 7.85. The standard InChI is InChI=1S/C10H8O3S2/c1-5(11)4-8-14-9-6(12)2-3-7(13)10(9)15-8/h2-4,12-13H,1H3. The summed E-state index contributed by atoms with van der Waals surface area (Å²) in [5, 5.41) is 19.1. The highest BCUT2D eigenvalue weighted by atomic mass is 32.2. The van der Waals surface area contributed by atoms with Gasteiger partial charge in [-0.05, 0) is 19.1 Å². The van der Waals surface area contributed by atoms with Crippen molar-refractivity contribution in [3.63, 3.8) is 0 Å². The molecule has 0 bridgehead atoms. The topological polar surface area (TPSA) is 57.5 Å². The van der Waals surface area contributed by atoms with Crippen LogP contribution in [0.5, 0.6) is 11.5 Å². The quantitative estimate of drug-likeness (QED) is 0.584. The van der Waals surface area contributed by atoms with Crippen LogP contribution in [0.3, 0.4) is 0 Å². The Morgan fingerprint density at radius 3 is 2.07 bits per heavy atom. The molecule has 1 aliphatic heterocycles. The van der Waals surface area contributed by atoms with Gasteiger partial charge in [-0.1, -0.05) is 23.5 Å². The molecule has 0 saturated heterocycles. The smallest absolute Gasteiger partial charge is 0.154 e. The van der Waals surface area contributed by atoms with Crippen molar-refractivity contribution in [2.45, 2.75) is 16.7 Å². The summed E-state index contributed by atoms with van der Waals surface area (Å²) in [6.45, 7) is 1.47. The third-order valence-corrected chi connectivity index (χ3v) is 4.30. The number of rotatable bonds is 1. The Balaban J connectivity index is 2.43. The Labute approximate surface area is 95.2 Å². The molecule has 5 heteroatoms. The number of allylic oxidation sites excluding steroid dienone is 1. The van der Waals surface area contributed by atoms with E-state index in [4.69, 9.17) is 0 Å². The molecule has 78 valence electrons. The van der Waals surface area contributed by atoms with Crippen LogP contribution in [0.1, 0.15) is 6.92 Å². The minimum Gasteiger partial charge on any atom is -0.507 e. The summed E-state index contributed by atoms with van der Waals surface area (Å²) in [6.07, 6.45) is 1.49. The SMILES string of the molecule is CC(=O)C=C1Sc2c(O)ccc(O)c2S1. The van der Waals surface area contributed by atoms with Crippen LogP contribution in [0, 0.1) is 0 Å². The number of hydrogen-bond donors (Lipinski definition) is 2. The Hall–Kier alpha value is -1.07. The molecule has 1 aliphatic rings. The lowest BCUT2D eigenvalue weighted by Gasteiger charge is -2.00. The molecule has 0 atom stereocenters. The molecule has 1 aromatic rings. The second kappa shape index (κ2) is 3.83. The van der Waals surface area contributed by atoms with Gasteiger partial charge in [0.1, 0.15) is 11.5 Å². The number of aromatic hydroxyl groups is 2. The van der Waals surface area contributed by atoms with E-state index in [0.29, 0.717) is 9.79 Å². The third kappa shape index (κ3) is 1.98. The molecule has 0 spiro atoms. The van der Waals surface area contributed by atoms with Crippen LogP contribution < -0.4 is 0 Å². The minimum atomic E-state index is -0.0446. The molecular formula is C10H8O3S2.